The van der Waals surface area contributed by atoms with Crippen LogP contribution in [0.4, 0.5) is 0 Å². The van der Waals surface area contributed by atoms with Gasteiger partial charge in [0.2, 0.25) is 0 Å². The summed E-state index contributed by atoms with van der Waals surface area (Å²) in [6.45, 7) is 13.7. The molecule has 0 fully saturated rings. The van der Waals surface area contributed by atoms with Gasteiger partial charge >= 0.3 is 23.5 Å². The van der Waals surface area contributed by atoms with Crippen LogP contribution in [0.3, 0.4) is 0 Å². The zero-order valence-electron chi connectivity index (χ0n) is 25.7. The zero-order valence-corrected chi connectivity index (χ0v) is 29.5. The lowest BCUT2D eigenvalue weighted by Gasteiger charge is -2.10. The van der Waals surface area contributed by atoms with Crippen LogP contribution in [-0.2, 0) is 40.8 Å². The van der Waals surface area contributed by atoms with Crippen LogP contribution in [0.25, 0.3) is 0 Å². The van der Waals surface area contributed by atoms with Crippen molar-refractivity contribution < 1.29 is 55.5 Å². The molecule has 0 aliphatic carbocycles. The summed E-state index contributed by atoms with van der Waals surface area (Å²) < 4.78 is 61.5. The number of rotatable bonds is 24. The molecule has 0 bridgehead atoms. The Morgan fingerprint density at radius 3 is 0.600 bits per heavy atom. The van der Waals surface area contributed by atoms with Gasteiger partial charge < -0.3 is 14.7 Å². The minimum atomic E-state index is -3.75. The Hall–Kier alpha value is 0.862. The van der Waals surface area contributed by atoms with Crippen LogP contribution in [0.15, 0.2) is 0 Å². The maximum absolute atomic E-state index is 11.1. The van der Waals surface area contributed by atoms with Crippen LogP contribution in [-0.4, -0.2) is 71.7 Å². The molecular weight excluding hydrogens is 600 g/mol. The highest BCUT2D eigenvalue weighted by Gasteiger charge is 2.21. The second-order valence-electron chi connectivity index (χ2n) is 8.53. The third-order valence-electron chi connectivity index (χ3n) is 4.51. The molecule has 3 N–H and O–H groups in total. The fourth-order valence-corrected chi connectivity index (χ4v) is 4.44. The highest BCUT2D eigenvalue weighted by atomic mass is 31.2. The van der Waals surface area contributed by atoms with E-state index < -0.39 is 23.5 Å². The van der Waals surface area contributed by atoms with Gasteiger partial charge in [0, 0.05) is 17.4 Å². The summed E-state index contributed by atoms with van der Waals surface area (Å²) in [5.74, 6) is 0. The summed E-state index contributed by atoms with van der Waals surface area (Å²) in [5.41, 5.74) is 0. The number of hydrogen-bond donors (Lipinski definition) is 3. The van der Waals surface area contributed by atoms with Crippen molar-refractivity contribution >= 4 is 40.8 Å². The summed E-state index contributed by atoms with van der Waals surface area (Å²) >= 11 is 0. The van der Waals surface area contributed by atoms with Gasteiger partial charge in [-0.3, -0.25) is 27.1 Å². The van der Waals surface area contributed by atoms with E-state index in [4.69, 9.17) is 41.8 Å². The van der Waals surface area contributed by atoms with Gasteiger partial charge in [-0.05, 0) is 38.5 Å². The lowest BCUT2D eigenvalue weighted by molar-refractivity contribution is 0.145. The van der Waals surface area contributed by atoms with Gasteiger partial charge in [0.15, 0.2) is 0 Å². The number of phosphoric ester groups is 3. The monoisotopic (exact) mass is 657 g/mol. The number of hydrogen-bond acceptors (Lipinski definition) is 9. The topological polar surface area (TPSA) is 167 Å². The zero-order chi connectivity index (χ0) is 30.5. The first-order valence-electron chi connectivity index (χ1n) is 14.2. The normalized spacial score (nSPS) is 11.6. The molecule has 12 nitrogen and oxygen atoms in total. The Labute approximate surface area is 254 Å². The molecule has 243 valence electrons. The lowest BCUT2D eigenvalue weighted by atomic mass is 10.4. The Balaban J connectivity index is -0.000000240. The van der Waals surface area contributed by atoms with E-state index in [2.05, 4.69) is 0 Å². The lowest BCUT2D eigenvalue weighted by Crippen LogP contribution is -1.98. The fourth-order valence-electron chi connectivity index (χ4n) is 2.06. The number of unbranched alkanes of at least 4 members (excludes halogenated alkanes) is 6. The molecule has 0 atom stereocenters. The molecule has 0 aromatic rings. The van der Waals surface area contributed by atoms with Crippen LogP contribution >= 0.6 is 23.5 Å². The molecule has 0 saturated carbocycles. The molecule has 0 heterocycles. The van der Waals surface area contributed by atoms with E-state index in [9.17, 15) is 13.7 Å². The second kappa shape index (κ2) is 32.8. The fraction of sp³-hybridized carbons (Fsp3) is 1.00. The Morgan fingerprint density at radius 2 is 0.500 bits per heavy atom. The first-order valence-corrected chi connectivity index (χ1v) is 18.7. The second-order valence-corrected chi connectivity index (χ2v) is 12.9. The van der Waals surface area contributed by atoms with Crippen molar-refractivity contribution in [2.75, 3.05) is 39.6 Å². The van der Waals surface area contributed by atoms with Crippen molar-refractivity contribution in [2.24, 2.45) is 0 Å². The van der Waals surface area contributed by atoms with E-state index in [0.717, 1.165) is 77.0 Å². The van der Waals surface area contributed by atoms with Crippen molar-refractivity contribution in [3.63, 3.8) is 0 Å². The van der Waals surface area contributed by atoms with Crippen molar-refractivity contribution in [1.82, 2.24) is 0 Å². The maximum atomic E-state index is 11.1. The molecule has 3 radical (unpaired) electrons. The van der Waals surface area contributed by atoms with Gasteiger partial charge in [-0.15, -0.1) is 0 Å². The molecule has 0 aliphatic rings. The maximum Gasteiger partial charge on any atom is 0.472 e. The van der Waals surface area contributed by atoms with Crippen molar-refractivity contribution in [2.45, 2.75) is 119 Å². The molecular formula is C24H57AlO12P3. The number of phosphoric acid groups is 3. The van der Waals surface area contributed by atoms with E-state index in [1.807, 2.05) is 41.5 Å². The average Bonchev–Trinajstić information content (AvgIpc) is 2.85. The summed E-state index contributed by atoms with van der Waals surface area (Å²) in [7, 11) is -11.3. The predicted octanol–water partition coefficient (Wildman–Crippen LogP) is 7.78. The molecule has 0 aliphatic heterocycles. The molecule has 0 saturated heterocycles. The Morgan fingerprint density at radius 1 is 0.375 bits per heavy atom. The molecule has 0 amide bonds. The standard InChI is InChI=1S/3C8H19O4P.Al/c3*1-3-5-7-11-13(9,10)12-8-6-4-2;/h3*3-8H2,1-2H3,(H,9,10);. The average molecular weight is 658 g/mol. The summed E-state index contributed by atoms with van der Waals surface area (Å²) in [6, 6.07) is 0. The van der Waals surface area contributed by atoms with E-state index >= 15 is 0 Å². The SMILES string of the molecule is CCCCOP(=O)(O)OCCCC.CCCCOP(=O)(O)OCCCC.CCCCOP(=O)(O)OCCCC.[Al]. The van der Waals surface area contributed by atoms with Gasteiger partial charge in [0.05, 0.1) is 39.6 Å². The molecule has 0 aromatic heterocycles. The van der Waals surface area contributed by atoms with Crippen LogP contribution in [0.5, 0.6) is 0 Å². The van der Waals surface area contributed by atoms with Gasteiger partial charge in [0.25, 0.3) is 0 Å². The van der Waals surface area contributed by atoms with E-state index in [-0.39, 0.29) is 57.0 Å². The van der Waals surface area contributed by atoms with Crippen LogP contribution in [0.1, 0.15) is 119 Å². The van der Waals surface area contributed by atoms with Gasteiger partial charge in [-0.2, -0.15) is 0 Å². The van der Waals surface area contributed by atoms with Crippen LogP contribution in [0.2, 0.25) is 0 Å². The van der Waals surface area contributed by atoms with Gasteiger partial charge in [-0.25, -0.2) is 13.7 Å². The van der Waals surface area contributed by atoms with Gasteiger partial charge in [-0.1, -0.05) is 80.1 Å². The highest BCUT2D eigenvalue weighted by molar-refractivity contribution is 7.47. The highest BCUT2D eigenvalue weighted by Crippen LogP contribution is 2.44. The third kappa shape index (κ3) is 41.0. The predicted molar refractivity (Wildman–Crippen MR) is 160 cm³/mol. The first-order chi connectivity index (χ1) is 18.4. The molecule has 0 aromatic carbocycles. The Bertz CT molecular complexity index is 531. The Kier molecular flexibility index (Phi) is 39.1. The van der Waals surface area contributed by atoms with Gasteiger partial charge in [0.1, 0.15) is 0 Å². The van der Waals surface area contributed by atoms with E-state index in [1.165, 1.54) is 0 Å². The van der Waals surface area contributed by atoms with E-state index in [0.29, 0.717) is 0 Å². The molecule has 0 unspecified atom stereocenters. The van der Waals surface area contributed by atoms with Crippen LogP contribution in [0, 0.1) is 0 Å². The largest absolute Gasteiger partial charge is 0.472 e. The smallest absolute Gasteiger partial charge is 0.302 e. The molecule has 16 heteroatoms. The summed E-state index contributed by atoms with van der Waals surface area (Å²) in [6.07, 6.45) is 10.3. The van der Waals surface area contributed by atoms with Crippen LogP contribution < -0.4 is 0 Å². The quantitative estimate of drug-likeness (QED) is 0.0525. The summed E-state index contributed by atoms with van der Waals surface area (Å²) in [5, 5.41) is 0. The third-order valence-corrected chi connectivity index (χ3v) is 7.57. The molecule has 0 rings (SSSR count). The minimum Gasteiger partial charge on any atom is -0.302 e. The minimum absolute atomic E-state index is 0. The van der Waals surface area contributed by atoms with E-state index in [1.54, 1.807) is 0 Å². The summed E-state index contributed by atoms with van der Waals surface area (Å²) in [4.78, 5) is 27.2. The van der Waals surface area contributed by atoms with Crippen molar-refractivity contribution in [1.29, 1.82) is 0 Å². The first kappa shape index (κ1) is 47.8. The molecule has 40 heavy (non-hydrogen) atoms. The van der Waals surface area contributed by atoms with Crippen molar-refractivity contribution in [3.8, 4) is 0 Å². The molecule has 0 spiro atoms. The van der Waals surface area contributed by atoms with Crippen molar-refractivity contribution in [3.05, 3.63) is 0 Å².